The zero-order valence-corrected chi connectivity index (χ0v) is 13.6. The number of aliphatic carboxylic acids is 1. The highest BCUT2D eigenvalue weighted by Gasteiger charge is 2.21. The summed E-state index contributed by atoms with van der Waals surface area (Å²) in [7, 11) is 0. The molecule has 0 aliphatic heterocycles. The zero-order valence-electron chi connectivity index (χ0n) is 12.7. The van der Waals surface area contributed by atoms with Crippen LogP contribution in [0.4, 0.5) is 0 Å². The molecular weight excluding hydrogens is 310 g/mol. The molecule has 5 heteroatoms. The van der Waals surface area contributed by atoms with Gasteiger partial charge in [-0.3, -0.25) is 9.59 Å². The molecule has 0 fully saturated rings. The third-order valence-electron chi connectivity index (χ3n) is 4.12. The second-order valence-electron chi connectivity index (χ2n) is 5.78. The lowest BCUT2D eigenvalue weighted by atomic mass is 10.0. The molecule has 0 bridgehead atoms. The van der Waals surface area contributed by atoms with Gasteiger partial charge < -0.3 is 10.4 Å². The SMILES string of the molecule is O=C(O)CCC(NC(=O)c1cc2c(s1)CCC2)c1ccccc1. The lowest BCUT2D eigenvalue weighted by Gasteiger charge is -2.18. The first-order valence-corrected chi connectivity index (χ1v) is 8.64. The molecule has 1 atom stereocenters. The Kier molecular flexibility index (Phi) is 4.76. The van der Waals surface area contributed by atoms with Crippen molar-refractivity contribution >= 4 is 23.2 Å². The van der Waals surface area contributed by atoms with E-state index in [2.05, 4.69) is 5.32 Å². The van der Waals surface area contributed by atoms with Gasteiger partial charge in [0, 0.05) is 11.3 Å². The van der Waals surface area contributed by atoms with E-state index in [4.69, 9.17) is 5.11 Å². The number of carboxylic acids is 1. The molecule has 1 amide bonds. The maximum absolute atomic E-state index is 12.5. The van der Waals surface area contributed by atoms with Gasteiger partial charge in [0.1, 0.15) is 0 Å². The Morgan fingerprint density at radius 3 is 2.70 bits per heavy atom. The van der Waals surface area contributed by atoms with Crippen LogP contribution in [-0.2, 0) is 17.6 Å². The Hall–Kier alpha value is -2.14. The minimum absolute atomic E-state index is 0.0286. The Labute approximate surface area is 139 Å². The molecule has 0 saturated carbocycles. The van der Waals surface area contributed by atoms with Crippen molar-refractivity contribution in [3.8, 4) is 0 Å². The van der Waals surface area contributed by atoms with Gasteiger partial charge in [-0.2, -0.15) is 0 Å². The molecule has 1 heterocycles. The molecule has 0 saturated heterocycles. The van der Waals surface area contributed by atoms with E-state index in [1.807, 2.05) is 36.4 Å². The van der Waals surface area contributed by atoms with Crippen molar-refractivity contribution in [1.29, 1.82) is 0 Å². The van der Waals surface area contributed by atoms with Gasteiger partial charge >= 0.3 is 5.97 Å². The van der Waals surface area contributed by atoms with Gasteiger partial charge in [-0.05, 0) is 42.9 Å². The monoisotopic (exact) mass is 329 g/mol. The highest BCUT2D eigenvalue weighted by molar-refractivity contribution is 7.14. The smallest absolute Gasteiger partial charge is 0.303 e. The quantitative estimate of drug-likeness (QED) is 0.851. The molecule has 23 heavy (non-hydrogen) atoms. The van der Waals surface area contributed by atoms with Crippen molar-refractivity contribution < 1.29 is 14.7 Å². The number of thiophene rings is 1. The summed E-state index contributed by atoms with van der Waals surface area (Å²) in [6, 6.07) is 11.2. The van der Waals surface area contributed by atoms with Crippen LogP contribution in [0.2, 0.25) is 0 Å². The predicted molar refractivity (Wildman–Crippen MR) is 89.9 cm³/mol. The minimum Gasteiger partial charge on any atom is -0.481 e. The second kappa shape index (κ2) is 6.96. The third kappa shape index (κ3) is 3.79. The summed E-state index contributed by atoms with van der Waals surface area (Å²) in [5, 5.41) is 11.9. The maximum atomic E-state index is 12.5. The van der Waals surface area contributed by atoms with Crippen molar-refractivity contribution in [2.75, 3.05) is 0 Å². The fraction of sp³-hybridized carbons (Fsp3) is 0.333. The highest BCUT2D eigenvalue weighted by atomic mass is 32.1. The number of carboxylic acid groups (broad SMARTS) is 1. The summed E-state index contributed by atoms with van der Waals surface area (Å²) in [4.78, 5) is 25.4. The van der Waals surface area contributed by atoms with Crippen molar-refractivity contribution in [2.45, 2.75) is 38.1 Å². The van der Waals surface area contributed by atoms with Crippen LogP contribution in [0.15, 0.2) is 36.4 Å². The molecule has 4 nitrogen and oxygen atoms in total. The standard InChI is InChI=1S/C18H19NO3S/c20-17(21)10-9-14(12-5-2-1-3-6-12)19-18(22)16-11-13-7-4-8-15(13)23-16/h1-3,5-6,11,14H,4,7-10H2,(H,19,22)(H,20,21). The minimum atomic E-state index is -0.852. The maximum Gasteiger partial charge on any atom is 0.303 e. The van der Waals surface area contributed by atoms with E-state index in [1.54, 1.807) is 11.3 Å². The van der Waals surface area contributed by atoms with Crippen LogP contribution in [0.1, 0.15) is 51.0 Å². The lowest BCUT2D eigenvalue weighted by molar-refractivity contribution is -0.137. The molecule has 1 aromatic heterocycles. The summed E-state index contributed by atoms with van der Waals surface area (Å²) < 4.78 is 0. The number of benzene rings is 1. The molecule has 2 aromatic rings. The van der Waals surface area contributed by atoms with Gasteiger partial charge in [0.15, 0.2) is 0 Å². The second-order valence-corrected chi connectivity index (χ2v) is 6.92. The Morgan fingerprint density at radius 2 is 2.00 bits per heavy atom. The molecule has 0 radical (unpaired) electrons. The normalized spacial score (nSPS) is 14.3. The average Bonchev–Trinajstić information content (AvgIpc) is 3.13. The molecule has 3 rings (SSSR count). The summed E-state index contributed by atoms with van der Waals surface area (Å²) in [6.45, 7) is 0. The van der Waals surface area contributed by atoms with Crippen molar-refractivity contribution in [1.82, 2.24) is 5.32 Å². The molecule has 1 aliphatic carbocycles. The number of hydrogen-bond acceptors (Lipinski definition) is 3. The van der Waals surface area contributed by atoms with Crippen LogP contribution >= 0.6 is 11.3 Å². The third-order valence-corrected chi connectivity index (χ3v) is 5.36. The highest BCUT2D eigenvalue weighted by Crippen LogP contribution is 2.31. The van der Waals surface area contributed by atoms with Crippen LogP contribution in [0.3, 0.4) is 0 Å². The number of amides is 1. The number of rotatable bonds is 6. The molecule has 1 aromatic carbocycles. The molecular formula is C18H19NO3S. The molecule has 1 unspecified atom stereocenters. The van der Waals surface area contributed by atoms with E-state index >= 15 is 0 Å². The first-order chi connectivity index (χ1) is 11.1. The van der Waals surface area contributed by atoms with Crippen LogP contribution in [-0.4, -0.2) is 17.0 Å². The van der Waals surface area contributed by atoms with Crippen LogP contribution in [0.25, 0.3) is 0 Å². The van der Waals surface area contributed by atoms with Crippen LogP contribution < -0.4 is 5.32 Å². The number of carbonyl (C=O) groups excluding carboxylic acids is 1. The van der Waals surface area contributed by atoms with E-state index < -0.39 is 5.97 Å². The Bertz CT molecular complexity index is 687. The van der Waals surface area contributed by atoms with Crippen LogP contribution in [0, 0.1) is 0 Å². The number of hydrogen-bond donors (Lipinski definition) is 2. The first kappa shape index (κ1) is 15.7. The molecule has 0 spiro atoms. The van der Waals surface area contributed by atoms with Gasteiger partial charge in [0.25, 0.3) is 5.91 Å². The van der Waals surface area contributed by atoms with E-state index in [-0.39, 0.29) is 18.4 Å². The zero-order chi connectivity index (χ0) is 16.2. The summed E-state index contributed by atoms with van der Waals surface area (Å²) in [6.07, 6.45) is 3.71. The lowest BCUT2D eigenvalue weighted by Crippen LogP contribution is -2.28. The van der Waals surface area contributed by atoms with Gasteiger partial charge in [-0.15, -0.1) is 11.3 Å². The van der Waals surface area contributed by atoms with Gasteiger partial charge in [-0.25, -0.2) is 0 Å². The van der Waals surface area contributed by atoms with Gasteiger partial charge in [0.2, 0.25) is 0 Å². The largest absolute Gasteiger partial charge is 0.481 e. The number of aryl methyl sites for hydroxylation is 2. The summed E-state index contributed by atoms with van der Waals surface area (Å²) in [5.41, 5.74) is 2.23. The molecule has 1 aliphatic rings. The molecule has 2 N–H and O–H groups in total. The predicted octanol–water partition coefficient (Wildman–Crippen LogP) is 3.57. The van der Waals surface area contributed by atoms with Crippen molar-refractivity contribution in [3.05, 3.63) is 57.3 Å². The van der Waals surface area contributed by atoms with E-state index in [0.29, 0.717) is 6.42 Å². The summed E-state index contributed by atoms with van der Waals surface area (Å²) in [5.74, 6) is -0.959. The first-order valence-electron chi connectivity index (χ1n) is 7.82. The van der Waals surface area contributed by atoms with Gasteiger partial charge in [-0.1, -0.05) is 30.3 Å². The van der Waals surface area contributed by atoms with E-state index in [9.17, 15) is 9.59 Å². The Balaban J connectivity index is 1.74. The van der Waals surface area contributed by atoms with E-state index in [0.717, 1.165) is 23.3 Å². The average molecular weight is 329 g/mol. The van der Waals surface area contributed by atoms with Crippen molar-refractivity contribution in [3.63, 3.8) is 0 Å². The number of fused-ring (bicyclic) bond motifs is 1. The molecule has 120 valence electrons. The van der Waals surface area contributed by atoms with Gasteiger partial charge in [0.05, 0.1) is 10.9 Å². The topological polar surface area (TPSA) is 66.4 Å². The van der Waals surface area contributed by atoms with E-state index in [1.165, 1.54) is 16.9 Å². The van der Waals surface area contributed by atoms with Crippen molar-refractivity contribution in [2.24, 2.45) is 0 Å². The number of nitrogens with one attached hydrogen (secondary N) is 1. The fourth-order valence-corrected chi connectivity index (χ4v) is 4.10. The van der Waals surface area contributed by atoms with Crippen LogP contribution in [0.5, 0.6) is 0 Å². The summed E-state index contributed by atoms with van der Waals surface area (Å²) >= 11 is 1.56. The Morgan fingerprint density at radius 1 is 1.22 bits per heavy atom. The number of carbonyl (C=O) groups is 2. The fourth-order valence-electron chi connectivity index (χ4n) is 2.95.